The van der Waals surface area contributed by atoms with E-state index in [1.165, 1.54) is 18.2 Å². The standard InChI is InChI=1S/C15H16ClNO4/c1-21-7-6-17-9-13(15(19)20)12(8-14(17)18)10-2-4-11(16)5-3-10/h2-5,9,12H,6-8H2,1H3,(H,19,20). The van der Waals surface area contributed by atoms with Crippen LogP contribution in [0.15, 0.2) is 36.0 Å². The van der Waals surface area contributed by atoms with Crippen molar-refractivity contribution >= 4 is 23.5 Å². The summed E-state index contributed by atoms with van der Waals surface area (Å²) >= 11 is 5.84. The summed E-state index contributed by atoms with van der Waals surface area (Å²) in [5.74, 6) is -1.59. The minimum atomic E-state index is -1.02. The van der Waals surface area contributed by atoms with Crippen LogP contribution in [0.3, 0.4) is 0 Å². The number of halogens is 1. The van der Waals surface area contributed by atoms with Crippen molar-refractivity contribution in [3.8, 4) is 0 Å². The van der Waals surface area contributed by atoms with Crippen LogP contribution in [0.4, 0.5) is 0 Å². The van der Waals surface area contributed by atoms with E-state index in [1.807, 2.05) is 0 Å². The number of ether oxygens (including phenoxy) is 1. The van der Waals surface area contributed by atoms with E-state index in [0.29, 0.717) is 18.2 Å². The number of carbonyl (C=O) groups excluding carboxylic acids is 1. The van der Waals surface area contributed by atoms with E-state index in [0.717, 1.165) is 5.56 Å². The second-order valence-electron chi connectivity index (χ2n) is 4.78. The number of carboxylic acids is 1. The van der Waals surface area contributed by atoms with Gasteiger partial charge in [-0.05, 0) is 17.7 Å². The van der Waals surface area contributed by atoms with Gasteiger partial charge in [0.2, 0.25) is 5.91 Å². The predicted octanol–water partition coefficient (Wildman–Crippen LogP) is 2.27. The van der Waals surface area contributed by atoms with Crippen LogP contribution in [0.5, 0.6) is 0 Å². The van der Waals surface area contributed by atoms with E-state index in [4.69, 9.17) is 16.3 Å². The van der Waals surface area contributed by atoms with Crippen molar-refractivity contribution in [2.45, 2.75) is 12.3 Å². The fraction of sp³-hybridized carbons (Fsp3) is 0.333. The van der Waals surface area contributed by atoms with Crippen molar-refractivity contribution in [2.75, 3.05) is 20.3 Å². The van der Waals surface area contributed by atoms with E-state index in [2.05, 4.69) is 0 Å². The molecule has 1 amide bonds. The monoisotopic (exact) mass is 309 g/mol. The largest absolute Gasteiger partial charge is 0.478 e. The summed E-state index contributed by atoms with van der Waals surface area (Å²) in [7, 11) is 1.53. The van der Waals surface area contributed by atoms with Crippen molar-refractivity contribution in [2.24, 2.45) is 0 Å². The van der Waals surface area contributed by atoms with E-state index >= 15 is 0 Å². The lowest BCUT2D eigenvalue weighted by molar-refractivity contribution is -0.134. The minimum absolute atomic E-state index is 0.114. The van der Waals surface area contributed by atoms with Gasteiger partial charge in [-0.15, -0.1) is 0 Å². The maximum atomic E-state index is 12.1. The lowest BCUT2D eigenvalue weighted by Gasteiger charge is -2.29. The molecule has 6 heteroatoms. The molecule has 0 saturated carbocycles. The highest BCUT2D eigenvalue weighted by atomic mass is 35.5. The summed E-state index contributed by atoms with van der Waals surface area (Å²) in [6.07, 6.45) is 1.54. The Kier molecular flexibility index (Phi) is 4.98. The zero-order valence-corrected chi connectivity index (χ0v) is 12.3. The fourth-order valence-corrected chi connectivity index (χ4v) is 2.43. The third kappa shape index (κ3) is 3.62. The molecule has 1 aliphatic rings. The SMILES string of the molecule is COCCN1C=C(C(=O)O)C(c2ccc(Cl)cc2)CC1=O. The molecule has 1 unspecified atom stereocenters. The van der Waals surface area contributed by atoms with Crippen LogP contribution in [0.25, 0.3) is 0 Å². The number of methoxy groups -OCH3 is 1. The first-order chi connectivity index (χ1) is 10.0. The van der Waals surface area contributed by atoms with Gasteiger partial charge in [0.25, 0.3) is 0 Å². The van der Waals surface area contributed by atoms with E-state index in [9.17, 15) is 14.7 Å². The molecule has 1 heterocycles. The first-order valence-corrected chi connectivity index (χ1v) is 6.89. The molecule has 0 saturated heterocycles. The lowest BCUT2D eigenvalue weighted by atomic mass is 9.86. The molecule has 112 valence electrons. The molecule has 1 atom stereocenters. The quantitative estimate of drug-likeness (QED) is 0.906. The van der Waals surface area contributed by atoms with Crippen molar-refractivity contribution in [1.29, 1.82) is 0 Å². The number of carbonyl (C=O) groups is 2. The van der Waals surface area contributed by atoms with E-state index < -0.39 is 11.9 Å². The maximum Gasteiger partial charge on any atom is 0.333 e. The topological polar surface area (TPSA) is 66.8 Å². The van der Waals surface area contributed by atoms with Gasteiger partial charge in [-0.3, -0.25) is 4.79 Å². The molecular weight excluding hydrogens is 294 g/mol. The molecule has 0 fully saturated rings. The first kappa shape index (κ1) is 15.5. The third-order valence-corrected chi connectivity index (χ3v) is 3.68. The average molecular weight is 310 g/mol. The molecule has 0 radical (unpaired) electrons. The summed E-state index contributed by atoms with van der Waals surface area (Å²) < 4.78 is 4.93. The van der Waals surface area contributed by atoms with Gasteiger partial charge in [0.1, 0.15) is 0 Å². The number of amides is 1. The normalized spacial score (nSPS) is 18.6. The van der Waals surface area contributed by atoms with Crippen LogP contribution in [-0.4, -0.2) is 42.1 Å². The van der Waals surface area contributed by atoms with Crippen LogP contribution in [0.2, 0.25) is 5.02 Å². The number of carboxylic acid groups (broad SMARTS) is 1. The number of aliphatic carboxylic acids is 1. The Hall–Kier alpha value is -1.85. The highest BCUT2D eigenvalue weighted by molar-refractivity contribution is 6.30. The molecule has 0 aliphatic carbocycles. The zero-order valence-electron chi connectivity index (χ0n) is 11.6. The van der Waals surface area contributed by atoms with Crippen LogP contribution < -0.4 is 0 Å². The first-order valence-electron chi connectivity index (χ1n) is 6.51. The fourth-order valence-electron chi connectivity index (χ4n) is 2.31. The number of nitrogens with zero attached hydrogens (tertiary/aromatic N) is 1. The Morgan fingerprint density at radius 1 is 1.43 bits per heavy atom. The van der Waals surface area contributed by atoms with Gasteiger partial charge in [0, 0.05) is 37.2 Å². The van der Waals surface area contributed by atoms with Gasteiger partial charge < -0.3 is 14.7 Å². The van der Waals surface area contributed by atoms with Gasteiger partial charge in [-0.25, -0.2) is 4.79 Å². The predicted molar refractivity (Wildman–Crippen MR) is 78.1 cm³/mol. The van der Waals surface area contributed by atoms with Crippen LogP contribution in [0.1, 0.15) is 17.9 Å². The van der Waals surface area contributed by atoms with Crippen molar-refractivity contribution < 1.29 is 19.4 Å². The molecule has 21 heavy (non-hydrogen) atoms. The molecule has 0 bridgehead atoms. The molecule has 1 N–H and O–H groups in total. The van der Waals surface area contributed by atoms with E-state index in [-0.39, 0.29) is 17.9 Å². The number of hydrogen-bond acceptors (Lipinski definition) is 3. The summed E-state index contributed by atoms with van der Waals surface area (Å²) in [5, 5.41) is 9.96. The van der Waals surface area contributed by atoms with Crippen molar-refractivity contribution in [3.05, 3.63) is 46.6 Å². The summed E-state index contributed by atoms with van der Waals surface area (Å²) in [6, 6.07) is 6.89. The average Bonchev–Trinajstić information content (AvgIpc) is 2.46. The van der Waals surface area contributed by atoms with E-state index in [1.54, 1.807) is 24.3 Å². The number of hydrogen-bond donors (Lipinski definition) is 1. The Morgan fingerprint density at radius 2 is 2.10 bits per heavy atom. The van der Waals surface area contributed by atoms with Gasteiger partial charge in [-0.1, -0.05) is 23.7 Å². The summed E-state index contributed by atoms with van der Waals surface area (Å²) in [6.45, 7) is 0.709. The van der Waals surface area contributed by atoms with Crippen LogP contribution in [0, 0.1) is 0 Å². The second kappa shape index (κ2) is 6.74. The maximum absolute atomic E-state index is 12.1. The van der Waals surface area contributed by atoms with Crippen molar-refractivity contribution in [3.63, 3.8) is 0 Å². The molecule has 1 aromatic rings. The Balaban J connectivity index is 2.31. The Morgan fingerprint density at radius 3 is 2.67 bits per heavy atom. The minimum Gasteiger partial charge on any atom is -0.478 e. The highest BCUT2D eigenvalue weighted by Gasteiger charge is 2.32. The lowest BCUT2D eigenvalue weighted by Crippen LogP contribution is -2.36. The summed E-state index contributed by atoms with van der Waals surface area (Å²) in [5.41, 5.74) is 0.973. The zero-order chi connectivity index (χ0) is 15.4. The van der Waals surface area contributed by atoms with Crippen LogP contribution in [-0.2, 0) is 14.3 Å². The molecular formula is C15H16ClNO4. The molecule has 5 nitrogen and oxygen atoms in total. The third-order valence-electron chi connectivity index (χ3n) is 3.43. The smallest absolute Gasteiger partial charge is 0.333 e. The van der Waals surface area contributed by atoms with Gasteiger partial charge in [0.05, 0.1) is 12.2 Å². The Bertz CT molecular complexity index is 568. The van der Waals surface area contributed by atoms with Gasteiger partial charge >= 0.3 is 5.97 Å². The van der Waals surface area contributed by atoms with Gasteiger partial charge in [-0.2, -0.15) is 0 Å². The second-order valence-corrected chi connectivity index (χ2v) is 5.21. The Labute approximate surface area is 127 Å². The molecule has 2 rings (SSSR count). The number of benzene rings is 1. The van der Waals surface area contributed by atoms with Gasteiger partial charge in [0.15, 0.2) is 0 Å². The number of rotatable bonds is 5. The molecule has 0 aromatic heterocycles. The highest BCUT2D eigenvalue weighted by Crippen LogP contribution is 2.33. The molecule has 0 spiro atoms. The summed E-state index contributed by atoms with van der Waals surface area (Å²) in [4.78, 5) is 25.0. The molecule has 1 aliphatic heterocycles. The van der Waals surface area contributed by atoms with Crippen molar-refractivity contribution in [1.82, 2.24) is 4.90 Å². The van der Waals surface area contributed by atoms with Crippen LogP contribution >= 0.6 is 11.6 Å². The molecule has 1 aromatic carbocycles.